The van der Waals surface area contributed by atoms with Gasteiger partial charge in [-0.15, -0.1) is 0 Å². The minimum atomic E-state index is -0.763. The van der Waals surface area contributed by atoms with E-state index in [9.17, 15) is 10.2 Å². The topological polar surface area (TPSA) is 40.5 Å². The van der Waals surface area contributed by atoms with Crippen molar-refractivity contribution in [2.24, 2.45) is 17.8 Å². The maximum Gasteiger partial charge on any atom is 0.0959 e. The molecular weight excluding hydrogens is 176 g/mol. The monoisotopic (exact) mass is 196 g/mol. The van der Waals surface area contributed by atoms with Crippen molar-refractivity contribution in [3.63, 3.8) is 0 Å². The molecule has 4 saturated carbocycles. The third kappa shape index (κ3) is 0.892. The highest BCUT2D eigenvalue weighted by atomic mass is 16.4. The molecule has 4 fully saturated rings. The third-order valence-electron chi connectivity index (χ3n) is 5.18. The Morgan fingerprint density at radius 1 is 1.07 bits per heavy atom. The molecular formula is C12H20O2. The average molecular weight is 196 g/mol. The van der Waals surface area contributed by atoms with E-state index in [-0.39, 0.29) is 0 Å². The Morgan fingerprint density at radius 2 is 1.64 bits per heavy atom. The second-order valence-electron chi connectivity index (χ2n) is 5.85. The Bertz CT molecular complexity index is 249. The van der Waals surface area contributed by atoms with Crippen molar-refractivity contribution in [3.8, 4) is 0 Å². The zero-order valence-electron chi connectivity index (χ0n) is 8.87. The first-order valence-corrected chi connectivity index (χ1v) is 6.02. The SMILES string of the molecule is CCC1(O)C2CC3CC(C2)CC1(O)C3. The van der Waals surface area contributed by atoms with Crippen LogP contribution in [0.3, 0.4) is 0 Å². The molecule has 4 aliphatic carbocycles. The molecule has 2 nitrogen and oxygen atoms in total. The van der Waals surface area contributed by atoms with Crippen LogP contribution in [0.5, 0.6) is 0 Å². The largest absolute Gasteiger partial charge is 0.387 e. The lowest BCUT2D eigenvalue weighted by Crippen LogP contribution is -2.68. The highest BCUT2D eigenvalue weighted by molar-refractivity contribution is 5.15. The molecule has 3 unspecified atom stereocenters. The van der Waals surface area contributed by atoms with Crippen molar-refractivity contribution in [1.29, 1.82) is 0 Å². The van der Waals surface area contributed by atoms with Crippen LogP contribution in [0.15, 0.2) is 0 Å². The molecule has 0 aliphatic heterocycles. The standard InChI is InChI=1S/C12H20O2/c1-2-12(14)10-4-8-3-9(5-10)7-11(12,13)6-8/h8-10,13-14H,2-7H2,1H3. The van der Waals surface area contributed by atoms with Crippen LogP contribution in [0.2, 0.25) is 0 Å². The molecule has 0 radical (unpaired) electrons. The fourth-order valence-electron chi connectivity index (χ4n) is 4.68. The minimum Gasteiger partial charge on any atom is -0.387 e. The molecule has 0 spiro atoms. The van der Waals surface area contributed by atoms with Crippen molar-refractivity contribution in [2.75, 3.05) is 0 Å². The normalized spacial score (nSPS) is 60.6. The van der Waals surface area contributed by atoms with Gasteiger partial charge in [-0.05, 0) is 56.3 Å². The zero-order valence-corrected chi connectivity index (χ0v) is 8.87. The van der Waals surface area contributed by atoms with E-state index in [0.29, 0.717) is 24.2 Å². The molecule has 2 N–H and O–H groups in total. The lowest BCUT2D eigenvalue weighted by Gasteiger charge is -2.63. The average Bonchev–Trinajstić information content (AvgIpc) is 2.12. The van der Waals surface area contributed by atoms with E-state index >= 15 is 0 Å². The molecule has 4 aliphatic rings. The van der Waals surface area contributed by atoms with E-state index < -0.39 is 11.2 Å². The third-order valence-corrected chi connectivity index (χ3v) is 5.18. The molecule has 4 rings (SSSR count). The summed E-state index contributed by atoms with van der Waals surface area (Å²) < 4.78 is 0. The van der Waals surface area contributed by atoms with Crippen LogP contribution in [0.25, 0.3) is 0 Å². The van der Waals surface area contributed by atoms with Crippen molar-refractivity contribution in [3.05, 3.63) is 0 Å². The summed E-state index contributed by atoms with van der Waals surface area (Å²) in [5.74, 6) is 1.78. The first-order valence-electron chi connectivity index (χ1n) is 6.02. The minimum absolute atomic E-state index is 0.378. The molecule has 0 aromatic carbocycles. The molecule has 0 saturated heterocycles. The van der Waals surface area contributed by atoms with Gasteiger partial charge in [0.15, 0.2) is 0 Å². The van der Waals surface area contributed by atoms with Gasteiger partial charge in [0.2, 0.25) is 0 Å². The maximum absolute atomic E-state index is 10.6. The predicted octanol–water partition coefficient (Wildman–Crippen LogP) is 1.70. The zero-order chi connectivity index (χ0) is 9.97. The van der Waals surface area contributed by atoms with E-state index in [1.807, 2.05) is 6.92 Å². The molecule has 0 heterocycles. The summed E-state index contributed by atoms with van der Waals surface area (Å²) in [4.78, 5) is 0. The second kappa shape index (κ2) is 2.53. The van der Waals surface area contributed by atoms with Crippen molar-refractivity contribution in [1.82, 2.24) is 0 Å². The van der Waals surface area contributed by atoms with E-state index in [1.165, 1.54) is 6.42 Å². The van der Waals surface area contributed by atoms with Gasteiger partial charge in [-0.3, -0.25) is 0 Å². The first-order chi connectivity index (χ1) is 6.57. The lowest BCUT2D eigenvalue weighted by molar-refractivity contribution is -0.267. The van der Waals surface area contributed by atoms with Crippen molar-refractivity contribution >= 4 is 0 Å². The van der Waals surface area contributed by atoms with E-state index in [2.05, 4.69) is 0 Å². The highest BCUT2D eigenvalue weighted by Crippen LogP contribution is 2.61. The fourth-order valence-corrected chi connectivity index (χ4v) is 4.68. The summed E-state index contributed by atoms with van der Waals surface area (Å²) in [5.41, 5.74) is -1.50. The number of hydrogen-bond acceptors (Lipinski definition) is 2. The van der Waals surface area contributed by atoms with Crippen LogP contribution < -0.4 is 0 Å². The van der Waals surface area contributed by atoms with Crippen LogP contribution in [0, 0.1) is 17.8 Å². The Morgan fingerprint density at radius 3 is 2.07 bits per heavy atom. The molecule has 0 aromatic rings. The summed E-state index contributed by atoms with van der Waals surface area (Å²) in [6, 6.07) is 0. The smallest absolute Gasteiger partial charge is 0.0959 e. The summed E-state index contributed by atoms with van der Waals surface area (Å²) in [6.45, 7) is 2.01. The molecule has 14 heavy (non-hydrogen) atoms. The summed E-state index contributed by atoms with van der Waals surface area (Å²) in [7, 11) is 0. The van der Waals surface area contributed by atoms with Crippen LogP contribution in [0.1, 0.15) is 45.4 Å². The molecule has 0 aromatic heterocycles. The Kier molecular flexibility index (Phi) is 1.66. The predicted molar refractivity (Wildman–Crippen MR) is 53.7 cm³/mol. The van der Waals surface area contributed by atoms with Crippen LogP contribution in [-0.4, -0.2) is 21.4 Å². The van der Waals surface area contributed by atoms with Crippen molar-refractivity contribution < 1.29 is 10.2 Å². The van der Waals surface area contributed by atoms with Gasteiger partial charge in [-0.2, -0.15) is 0 Å². The van der Waals surface area contributed by atoms with Crippen molar-refractivity contribution in [2.45, 2.75) is 56.7 Å². The number of rotatable bonds is 1. The number of aliphatic hydroxyl groups is 2. The maximum atomic E-state index is 10.6. The molecule has 3 atom stereocenters. The Labute approximate surface area is 85.3 Å². The fraction of sp³-hybridized carbons (Fsp3) is 1.00. The van der Waals surface area contributed by atoms with E-state index in [4.69, 9.17) is 0 Å². The van der Waals surface area contributed by atoms with E-state index in [0.717, 1.165) is 25.7 Å². The van der Waals surface area contributed by atoms with Gasteiger partial charge in [-0.25, -0.2) is 0 Å². The molecule has 2 heteroatoms. The summed E-state index contributed by atoms with van der Waals surface area (Å²) in [6.07, 6.45) is 6.03. The second-order valence-corrected chi connectivity index (χ2v) is 5.85. The molecule has 4 bridgehead atoms. The van der Waals surface area contributed by atoms with Gasteiger partial charge in [0, 0.05) is 0 Å². The van der Waals surface area contributed by atoms with E-state index in [1.54, 1.807) is 0 Å². The summed E-state index contributed by atoms with van der Waals surface area (Å²) >= 11 is 0. The molecule has 80 valence electrons. The highest BCUT2D eigenvalue weighted by Gasteiger charge is 2.63. The number of hydrogen-bond donors (Lipinski definition) is 2. The Hall–Kier alpha value is -0.0800. The molecule has 0 amide bonds. The van der Waals surface area contributed by atoms with Crippen LogP contribution in [0.4, 0.5) is 0 Å². The van der Waals surface area contributed by atoms with Gasteiger partial charge in [0.05, 0.1) is 11.2 Å². The van der Waals surface area contributed by atoms with Gasteiger partial charge >= 0.3 is 0 Å². The quantitative estimate of drug-likeness (QED) is 0.670. The Balaban J connectivity index is 2.01. The van der Waals surface area contributed by atoms with Gasteiger partial charge < -0.3 is 10.2 Å². The van der Waals surface area contributed by atoms with Gasteiger partial charge in [0.1, 0.15) is 0 Å². The van der Waals surface area contributed by atoms with Gasteiger partial charge in [0.25, 0.3) is 0 Å². The lowest BCUT2D eigenvalue weighted by atomic mass is 9.47. The van der Waals surface area contributed by atoms with Crippen LogP contribution >= 0.6 is 0 Å². The van der Waals surface area contributed by atoms with Gasteiger partial charge in [-0.1, -0.05) is 6.92 Å². The van der Waals surface area contributed by atoms with Crippen LogP contribution in [-0.2, 0) is 0 Å². The summed E-state index contributed by atoms with van der Waals surface area (Å²) in [5, 5.41) is 21.2. The first kappa shape index (κ1) is 9.17.